The molecule has 16 heavy (non-hydrogen) atoms. The lowest BCUT2D eigenvalue weighted by atomic mass is 10.3. The zero-order valence-electron chi connectivity index (χ0n) is 8.65. The minimum atomic E-state index is -1.07. The van der Waals surface area contributed by atoms with E-state index < -0.39 is 12.1 Å². The van der Waals surface area contributed by atoms with Crippen LogP contribution in [0.25, 0.3) is 0 Å². The minimum Gasteiger partial charge on any atom is -0.477 e. The molecule has 2 N–H and O–H groups in total. The topological polar surface area (TPSA) is 75.6 Å². The standard InChI is InChI=1S/C10H11NO4S/c1-3-4-15-10(14)11-7-6(2)5-16-8(7)9(12)13/h3,5H,1,4H2,2H3,(H,11,14)(H,12,13). The number of hydrogen-bond acceptors (Lipinski definition) is 4. The van der Waals surface area contributed by atoms with Crippen molar-refractivity contribution >= 4 is 29.1 Å². The number of anilines is 1. The van der Waals surface area contributed by atoms with E-state index in [1.807, 2.05) is 0 Å². The molecule has 0 atom stereocenters. The number of aryl methyl sites for hydroxylation is 1. The van der Waals surface area contributed by atoms with E-state index in [2.05, 4.69) is 11.9 Å². The third-order valence-corrected chi connectivity index (χ3v) is 2.81. The molecule has 0 aliphatic carbocycles. The van der Waals surface area contributed by atoms with Crippen molar-refractivity contribution in [2.45, 2.75) is 6.92 Å². The van der Waals surface area contributed by atoms with Crippen LogP contribution in [0.4, 0.5) is 10.5 Å². The molecule has 0 aliphatic heterocycles. The van der Waals surface area contributed by atoms with Crippen LogP contribution in [0.5, 0.6) is 0 Å². The van der Waals surface area contributed by atoms with E-state index in [0.29, 0.717) is 5.56 Å². The smallest absolute Gasteiger partial charge is 0.411 e. The van der Waals surface area contributed by atoms with Crippen LogP contribution in [0.1, 0.15) is 15.2 Å². The Hall–Kier alpha value is -1.82. The highest BCUT2D eigenvalue weighted by Crippen LogP contribution is 2.27. The molecule has 0 radical (unpaired) electrons. The number of ether oxygens (including phenoxy) is 1. The largest absolute Gasteiger partial charge is 0.477 e. The molecule has 0 unspecified atom stereocenters. The lowest BCUT2D eigenvalue weighted by Crippen LogP contribution is -2.15. The Balaban J connectivity index is 2.79. The second-order valence-corrected chi connectivity index (χ2v) is 3.82. The second kappa shape index (κ2) is 5.32. The summed E-state index contributed by atoms with van der Waals surface area (Å²) in [4.78, 5) is 22.2. The average Bonchev–Trinajstić information content (AvgIpc) is 2.58. The van der Waals surface area contributed by atoms with Crippen molar-refractivity contribution in [3.05, 3.63) is 28.5 Å². The Morgan fingerprint density at radius 1 is 1.69 bits per heavy atom. The second-order valence-electron chi connectivity index (χ2n) is 2.94. The Morgan fingerprint density at radius 3 is 2.94 bits per heavy atom. The van der Waals surface area contributed by atoms with Crippen molar-refractivity contribution in [2.24, 2.45) is 0 Å². The first kappa shape index (κ1) is 12.3. The molecule has 1 rings (SSSR count). The van der Waals surface area contributed by atoms with E-state index >= 15 is 0 Å². The van der Waals surface area contributed by atoms with Gasteiger partial charge in [0.25, 0.3) is 0 Å². The summed E-state index contributed by atoms with van der Waals surface area (Å²) in [6, 6.07) is 0. The molecule has 86 valence electrons. The summed E-state index contributed by atoms with van der Waals surface area (Å²) >= 11 is 1.06. The van der Waals surface area contributed by atoms with Crippen LogP contribution in [0.2, 0.25) is 0 Å². The van der Waals surface area contributed by atoms with Gasteiger partial charge in [-0.25, -0.2) is 9.59 Å². The molecule has 0 saturated carbocycles. The van der Waals surface area contributed by atoms with Gasteiger partial charge in [0.05, 0.1) is 5.69 Å². The van der Waals surface area contributed by atoms with E-state index in [-0.39, 0.29) is 17.2 Å². The minimum absolute atomic E-state index is 0.0808. The molecule has 0 saturated heterocycles. The fraction of sp³-hybridized carbons (Fsp3) is 0.200. The van der Waals surface area contributed by atoms with Gasteiger partial charge in [0.1, 0.15) is 11.5 Å². The Morgan fingerprint density at radius 2 is 2.38 bits per heavy atom. The van der Waals surface area contributed by atoms with Gasteiger partial charge in [0.2, 0.25) is 0 Å². The summed E-state index contributed by atoms with van der Waals surface area (Å²) < 4.78 is 4.70. The molecular weight excluding hydrogens is 230 g/mol. The first-order valence-corrected chi connectivity index (χ1v) is 5.30. The van der Waals surface area contributed by atoms with Gasteiger partial charge in [-0.15, -0.1) is 11.3 Å². The van der Waals surface area contributed by atoms with Crippen LogP contribution in [0, 0.1) is 6.92 Å². The van der Waals surface area contributed by atoms with Crippen molar-refractivity contribution in [3.8, 4) is 0 Å². The monoisotopic (exact) mass is 241 g/mol. The molecule has 0 bridgehead atoms. The first-order valence-electron chi connectivity index (χ1n) is 4.42. The van der Waals surface area contributed by atoms with Crippen LogP contribution < -0.4 is 5.32 Å². The van der Waals surface area contributed by atoms with Gasteiger partial charge >= 0.3 is 12.1 Å². The maximum absolute atomic E-state index is 11.2. The summed E-state index contributed by atoms with van der Waals surface area (Å²) in [5.41, 5.74) is 0.976. The van der Waals surface area contributed by atoms with Crippen LogP contribution in [0.3, 0.4) is 0 Å². The summed E-state index contributed by atoms with van der Waals surface area (Å²) in [6.07, 6.45) is 0.738. The zero-order chi connectivity index (χ0) is 12.1. The number of carboxylic acid groups (broad SMARTS) is 1. The predicted octanol–water partition coefficient (Wildman–Crippen LogP) is 2.49. The van der Waals surface area contributed by atoms with Gasteiger partial charge in [-0.1, -0.05) is 12.7 Å². The number of carboxylic acids is 1. The van der Waals surface area contributed by atoms with E-state index in [1.54, 1.807) is 12.3 Å². The molecule has 6 heteroatoms. The van der Waals surface area contributed by atoms with Crippen molar-refractivity contribution in [1.82, 2.24) is 0 Å². The summed E-state index contributed by atoms with van der Waals surface area (Å²) in [7, 11) is 0. The highest BCUT2D eigenvalue weighted by molar-refractivity contribution is 7.12. The molecule has 0 fully saturated rings. The summed E-state index contributed by atoms with van der Waals surface area (Å²) in [6.45, 7) is 5.19. The maximum atomic E-state index is 11.2. The van der Waals surface area contributed by atoms with Crippen LogP contribution in [-0.4, -0.2) is 23.8 Å². The molecule has 0 aromatic carbocycles. The molecule has 1 aromatic heterocycles. The SMILES string of the molecule is C=CCOC(=O)Nc1c(C)csc1C(=O)O. The van der Waals surface area contributed by atoms with Crippen molar-refractivity contribution < 1.29 is 19.4 Å². The van der Waals surface area contributed by atoms with Gasteiger partial charge < -0.3 is 9.84 Å². The summed E-state index contributed by atoms with van der Waals surface area (Å²) in [5, 5.41) is 12.9. The Labute approximate surface area is 96.4 Å². The van der Waals surface area contributed by atoms with Gasteiger partial charge in [-0.2, -0.15) is 0 Å². The third kappa shape index (κ3) is 2.83. The van der Waals surface area contributed by atoms with E-state index in [0.717, 1.165) is 11.3 Å². The fourth-order valence-electron chi connectivity index (χ4n) is 1.03. The number of carbonyl (C=O) groups excluding carboxylic acids is 1. The van der Waals surface area contributed by atoms with Gasteiger partial charge in [0.15, 0.2) is 0 Å². The maximum Gasteiger partial charge on any atom is 0.411 e. The molecule has 1 amide bonds. The number of amides is 1. The van der Waals surface area contributed by atoms with Crippen molar-refractivity contribution in [2.75, 3.05) is 11.9 Å². The third-order valence-electron chi connectivity index (χ3n) is 1.73. The number of carbonyl (C=O) groups is 2. The normalized spacial score (nSPS) is 9.56. The summed E-state index contributed by atoms with van der Waals surface area (Å²) in [5.74, 6) is -1.07. The predicted molar refractivity (Wildman–Crippen MR) is 61.2 cm³/mol. The number of thiophene rings is 1. The van der Waals surface area contributed by atoms with Crippen molar-refractivity contribution in [1.29, 1.82) is 0 Å². The Kier molecular flexibility index (Phi) is 4.07. The first-order chi connectivity index (χ1) is 7.56. The van der Waals surface area contributed by atoms with Gasteiger partial charge in [-0.05, 0) is 17.9 Å². The van der Waals surface area contributed by atoms with E-state index in [4.69, 9.17) is 9.84 Å². The average molecular weight is 241 g/mol. The number of hydrogen-bond donors (Lipinski definition) is 2. The quantitative estimate of drug-likeness (QED) is 0.794. The van der Waals surface area contributed by atoms with Gasteiger partial charge in [-0.3, -0.25) is 5.32 Å². The zero-order valence-corrected chi connectivity index (χ0v) is 9.47. The molecule has 1 aromatic rings. The molecular formula is C10H11NO4S. The van der Waals surface area contributed by atoms with Crippen molar-refractivity contribution in [3.63, 3.8) is 0 Å². The van der Waals surface area contributed by atoms with Crippen LogP contribution in [-0.2, 0) is 4.74 Å². The lowest BCUT2D eigenvalue weighted by molar-refractivity contribution is 0.0703. The van der Waals surface area contributed by atoms with E-state index in [1.165, 1.54) is 6.08 Å². The number of nitrogens with one attached hydrogen (secondary N) is 1. The molecule has 0 spiro atoms. The molecule has 0 aliphatic rings. The molecule has 1 heterocycles. The lowest BCUT2D eigenvalue weighted by Gasteiger charge is -2.05. The number of aromatic carboxylic acids is 1. The van der Waals surface area contributed by atoms with Gasteiger partial charge in [0, 0.05) is 0 Å². The fourth-order valence-corrected chi connectivity index (χ4v) is 1.87. The molecule has 5 nitrogen and oxygen atoms in total. The Bertz CT molecular complexity index is 424. The highest BCUT2D eigenvalue weighted by atomic mass is 32.1. The highest BCUT2D eigenvalue weighted by Gasteiger charge is 2.17. The number of rotatable bonds is 4. The van der Waals surface area contributed by atoms with Crippen LogP contribution >= 0.6 is 11.3 Å². The van der Waals surface area contributed by atoms with Crippen LogP contribution in [0.15, 0.2) is 18.0 Å². The van der Waals surface area contributed by atoms with E-state index in [9.17, 15) is 9.59 Å².